The molecular formula is C23H31N5O3. The van der Waals surface area contributed by atoms with Gasteiger partial charge in [0.1, 0.15) is 5.69 Å². The Morgan fingerprint density at radius 2 is 1.90 bits per heavy atom. The van der Waals surface area contributed by atoms with Gasteiger partial charge in [-0.3, -0.25) is 19.2 Å². The van der Waals surface area contributed by atoms with Crippen molar-refractivity contribution in [2.75, 3.05) is 45.9 Å². The lowest BCUT2D eigenvalue weighted by atomic mass is 10.1. The summed E-state index contributed by atoms with van der Waals surface area (Å²) in [6, 6.07) is 9.86. The lowest BCUT2D eigenvalue weighted by Crippen LogP contribution is -2.38. The van der Waals surface area contributed by atoms with Crippen molar-refractivity contribution in [3.05, 3.63) is 52.8 Å². The van der Waals surface area contributed by atoms with Gasteiger partial charge in [-0.25, -0.2) is 0 Å². The minimum Gasteiger partial charge on any atom is -0.379 e. The summed E-state index contributed by atoms with van der Waals surface area (Å²) in [6.45, 7) is 8.91. The van der Waals surface area contributed by atoms with Gasteiger partial charge in [0, 0.05) is 45.3 Å². The standard InChI is InChI=1S/C23H31N5O3/c1-18-4-6-19(7-5-18)17-27-10-3-11-28-21(23(27)30)16-20(25-28)22(29)24-8-2-9-26-12-14-31-15-13-26/h4-7,16H,2-3,8-15,17H2,1H3,(H,24,29). The van der Waals surface area contributed by atoms with E-state index in [1.807, 2.05) is 4.90 Å². The van der Waals surface area contributed by atoms with Crippen molar-refractivity contribution in [3.8, 4) is 0 Å². The van der Waals surface area contributed by atoms with Crippen molar-refractivity contribution in [2.45, 2.75) is 32.9 Å². The Hall–Kier alpha value is -2.71. The summed E-state index contributed by atoms with van der Waals surface area (Å²) in [5.74, 6) is -0.294. The summed E-state index contributed by atoms with van der Waals surface area (Å²) in [5, 5.41) is 7.35. The van der Waals surface area contributed by atoms with Gasteiger partial charge in [0.25, 0.3) is 11.8 Å². The normalized spacial score (nSPS) is 17.3. The number of carbonyl (C=O) groups is 2. The maximum absolute atomic E-state index is 13.1. The molecule has 2 aliphatic heterocycles. The number of fused-ring (bicyclic) bond motifs is 1. The number of carbonyl (C=O) groups excluding carboxylic acids is 2. The van der Waals surface area contributed by atoms with Crippen LogP contribution in [0.15, 0.2) is 30.3 Å². The molecule has 1 fully saturated rings. The molecule has 0 saturated carbocycles. The number of nitrogens with zero attached hydrogens (tertiary/aromatic N) is 4. The maximum Gasteiger partial charge on any atom is 0.272 e. The van der Waals surface area contributed by atoms with Gasteiger partial charge in [0.15, 0.2) is 5.69 Å². The highest BCUT2D eigenvalue weighted by Crippen LogP contribution is 2.17. The number of ether oxygens (including phenoxy) is 1. The Morgan fingerprint density at radius 1 is 1.13 bits per heavy atom. The van der Waals surface area contributed by atoms with Gasteiger partial charge < -0.3 is 15.0 Å². The number of hydrogen-bond donors (Lipinski definition) is 1. The Kier molecular flexibility index (Phi) is 6.99. The fourth-order valence-electron chi connectivity index (χ4n) is 4.03. The number of rotatable bonds is 7. The largest absolute Gasteiger partial charge is 0.379 e. The van der Waals surface area contributed by atoms with Gasteiger partial charge in [0.2, 0.25) is 0 Å². The van der Waals surface area contributed by atoms with Crippen molar-refractivity contribution >= 4 is 11.8 Å². The van der Waals surface area contributed by atoms with E-state index in [1.54, 1.807) is 10.7 Å². The van der Waals surface area contributed by atoms with Gasteiger partial charge >= 0.3 is 0 Å². The maximum atomic E-state index is 13.1. The molecular weight excluding hydrogens is 394 g/mol. The third kappa shape index (κ3) is 5.51. The topological polar surface area (TPSA) is 79.7 Å². The minimum atomic E-state index is -0.222. The van der Waals surface area contributed by atoms with Crippen LogP contribution in [0.1, 0.15) is 44.9 Å². The first kappa shape index (κ1) is 21.5. The molecule has 2 aromatic rings. The SMILES string of the molecule is Cc1ccc(CN2CCCn3nc(C(=O)NCCCN4CCOCC4)cc3C2=O)cc1. The number of hydrogen-bond acceptors (Lipinski definition) is 5. The van der Waals surface area contributed by atoms with E-state index >= 15 is 0 Å². The van der Waals surface area contributed by atoms with E-state index in [4.69, 9.17) is 4.74 Å². The van der Waals surface area contributed by atoms with Gasteiger partial charge in [0.05, 0.1) is 13.2 Å². The number of morpholine rings is 1. The number of aryl methyl sites for hydroxylation is 2. The second-order valence-corrected chi connectivity index (χ2v) is 8.27. The highest BCUT2D eigenvalue weighted by molar-refractivity contribution is 5.98. The smallest absolute Gasteiger partial charge is 0.272 e. The van der Waals surface area contributed by atoms with Crippen LogP contribution < -0.4 is 5.32 Å². The first-order chi connectivity index (χ1) is 15.1. The molecule has 0 bridgehead atoms. The summed E-state index contributed by atoms with van der Waals surface area (Å²) in [4.78, 5) is 29.8. The molecule has 166 valence electrons. The van der Waals surface area contributed by atoms with Crippen molar-refractivity contribution in [1.29, 1.82) is 0 Å². The van der Waals surface area contributed by atoms with Crippen molar-refractivity contribution < 1.29 is 14.3 Å². The first-order valence-corrected chi connectivity index (χ1v) is 11.1. The van der Waals surface area contributed by atoms with Crippen LogP contribution in [-0.2, 0) is 17.8 Å². The summed E-state index contributed by atoms with van der Waals surface area (Å²) in [6.07, 6.45) is 1.69. The molecule has 3 heterocycles. The van der Waals surface area contributed by atoms with Crippen LogP contribution in [0.3, 0.4) is 0 Å². The molecule has 2 amide bonds. The highest BCUT2D eigenvalue weighted by atomic mass is 16.5. The Morgan fingerprint density at radius 3 is 2.68 bits per heavy atom. The van der Waals surface area contributed by atoms with Crippen molar-refractivity contribution in [3.63, 3.8) is 0 Å². The molecule has 4 rings (SSSR count). The number of amides is 2. The van der Waals surface area contributed by atoms with E-state index in [2.05, 4.69) is 46.5 Å². The van der Waals surface area contributed by atoms with Gasteiger partial charge in [-0.2, -0.15) is 5.10 Å². The second-order valence-electron chi connectivity index (χ2n) is 8.27. The van der Waals surface area contributed by atoms with Crippen LogP contribution in [0.2, 0.25) is 0 Å². The van der Waals surface area contributed by atoms with Gasteiger partial charge in [-0.1, -0.05) is 29.8 Å². The lowest BCUT2D eigenvalue weighted by Gasteiger charge is -2.26. The monoisotopic (exact) mass is 425 g/mol. The first-order valence-electron chi connectivity index (χ1n) is 11.1. The molecule has 0 unspecified atom stereocenters. The van der Waals surface area contributed by atoms with Crippen LogP contribution in [0.5, 0.6) is 0 Å². The van der Waals surface area contributed by atoms with Gasteiger partial charge in [-0.05, 0) is 31.9 Å². The van der Waals surface area contributed by atoms with Crippen molar-refractivity contribution in [1.82, 2.24) is 24.9 Å². The second kappa shape index (κ2) is 10.1. The third-order valence-electron chi connectivity index (χ3n) is 5.85. The highest BCUT2D eigenvalue weighted by Gasteiger charge is 2.26. The van der Waals surface area contributed by atoms with E-state index in [9.17, 15) is 9.59 Å². The molecule has 0 radical (unpaired) electrons. The summed E-state index contributed by atoms with van der Waals surface area (Å²) in [7, 11) is 0. The number of nitrogens with one attached hydrogen (secondary N) is 1. The molecule has 31 heavy (non-hydrogen) atoms. The average Bonchev–Trinajstić information content (AvgIpc) is 3.16. The predicted octanol–water partition coefficient (Wildman–Crippen LogP) is 1.69. The molecule has 8 heteroatoms. The molecule has 0 atom stereocenters. The molecule has 0 aliphatic carbocycles. The zero-order valence-electron chi connectivity index (χ0n) is 18.2. The molecule has 1 N–H and O–H groups in total. The minimum absolute atomic E-state index is 0.0723. The number of aromatic nitrogens is 2. The molecule has 8 nitrogen and oxygen atoms in total. The van der Waals surface area contributed by atoms with E-state index in [0.717, 1.165) is 51.3 Å². The van der Waals surface area contributed by atoms with Crippen LogP contribution in [-0.4, -0.2) is 77.3 Å². The zero-order chi connectivity index (χ0) is 21.6. The zero-order valence-corrected chi connectivity index (χ0v) is 18.2. The summed E-state index contributed by atoms with van der Waals surface area (Å²) in [5.41, 5.74) is 3.10. The van der Waals surface area contributed by atoms with Crippen molar-refractivity contribution in [2.24, 2.45) is 0 Å². The molecule has 0 spiro atoms. The predicted molar refractivity (Wildman–Crippen MR) is 117 cm³/mol. The van der Waals surface area contributed by atoms with E-state index in [-0.39, 0.29) is 11.8 Å². The van der Waals surface area contributed by atoms with Crippen LogP contribution in [0, 0.1) is 6.92 Å². The molecule has 2 aliphatic rings. The fourth-order valence-corrected chi connectivity index (χ4v) is 4.03. The summed E-state index contributed by atoms with van der Waals surface area (Å²) >= 11 is 0. The Bertz CT molecular complexity index is 902. The molecule has 1 aromatic carbocycles. The fraction of sp³-hybridized carbons (Fsp3) is 0.522. The quantitative estimate of drug-likeness (QED) is 0.683. The molecule has 1 saturated heterocycles. The number of benzene rings is 1. The van der Waals surface area contributed by atoms with Gasteiger partial charge in [-0.15, -0.1) is 0 Å². The van der Waals surface area contributed by atoms with E-state index < -0.39 is 0 Å². The summed E-state index contributed by atoms with van der Waals surface area (Å²) < 4.78 is 7.03. The Labute approximate surface area is 183 Å². The van der Waals surface area contributed by atoms with Crippen LogP contribution in [0.25, 0.3) is 0 Å². The van der Waals surface area contributed by atoms with Crippen LogP contribution >= 0.6 is 0 Å². The lowest BCUT2D eigenvalue weighted by molar-refractivity contribution is 0.0374. The third-order valence-corrected chi connectivity index (χ3v) is 5.85. The van der Waals surface area contributed by atoms with E-state index in [1.165, 1.54) is 5.56 Å². The van der Waals surface area contributed by atoms with Crippen LogP contribution in [0.4, 0.5) is 0 Å². The average molecular weight is 426 g/mol. The van der Waals surface area contributed by atoms with E-state index in [0.29, 0.717) is 37.6 Å². The Balaban J connectivity index is 1.33. The molecule has 1 aromatic heterocycles.